The summed E-state index contributed by atoms with van der Waals surface area (Å²) >= 11 is 0. The van der Waals surface area contributed by atoms with E-state index in [1.54, 1.807) is 21.8 Å². The number of rotatable bonds is 4. The van der Waals surface area contributed by atoms with Crippen molar-refractivity contribution in [3.63, 3.8) is 0 Å². The Kier molecular flexibility index (Phi) is 4.39. The van der Waals surface area contributed by atoms with E-state index in [-0.39, 0.29) is 17.5 Å². The minimum Gasteiger partial charge on any atom is -0.359 e. The zero-order chi connectivity index (χ0) is 19.2. The Morgan fingerprint density at radius 2 is 2.07 bits per heavy atom. The van der Waals surface area contributed by atoms with Crippen molar-refractivity contribution in [3.05, 3.63) is 41.7 Å². The second-order valence-corrected chi connectivity index (χ2v) is 9.22. The van der Waals surface area contributed by atoms with Gasteiger partial charge >= 0.3 is 0 Å². The van der Waals surface area contributed by atoms with Crippen molar-refractivity contribution in [1.29, 1.82) is 0 Å². The molecule has 3 aromatic rings. The van der Waals surface area contributed by atoms with Crippen LogP contribution in [0, 0.1) is 6.92 Å². The second kappa shape index (κ2) is 6.61. The summed E-state index contributed by atoms with van der Waals surface area (Å²) in [6.07, 6.45) is 5.36. The number of nitrogens with zero attached hydrogens (tertiary/aromatic N) is 6. The third-order valence-corrected chi connectivity index (χ3v) is 6.71. The molecule has 0 bridgehead atoms. The van der Waals surface area contributed by atoms with Gasteiger partial charge in [0.1, 0.15) is 5.69 Å². The average molecular weight is 390 g/mol. The Labute approximate surface area is 157 Å². The molecule has 27 heavy (non-hydrogen) atoms. The lowest BCUT2D eigenvalue weighted by Crippen LogP contribution is -2.42. The first-order valence-electron chi connectivity index (χ1n) is 8.70. The van der Waals surface area contributed by atoms with E-state index in [2.05, 4.69) is 20.3 Å². The summed E-state index contributed by atoms with van der Waals surface area (Å²) in [5, 5.41) is 12.6. The molecule has 0 aliphatic carbocycles. The topological polar surface area (TPSA) is 99.1 Å². The molecule has 0 aromatic carbocycles. The number of aryl methyl sites for hydroxylation is 2. The fraction of sp³-hybridized carbons (Fsp3) is 0.471. The molecule has 9 nitrogen and oxygen atoms in total. The number of sulfone groups is 1. The van der Waals surface area contributed by atoms with Gasteiger partial charge in [-0.05, 0) is 6.92 Å². The predicted octanol–water partition coefficient (Wildman–Crippen LogP) is 1.09. The van der Waals surface area contributed by atoms with Crippen LogP contribution in [-0.2, 0) is 30.5 Å². The molecule has 1 saturated heterocycles. The van der Waals surface area contributed by atoms with Gasteiger partial charge in [-0.1, -0.05) is 5.16 Å². The maximum atomic E-state index is 12.2. The highest BCUT2D eigenvalue weighted by Gasteiger charge is 2.33. The Balaban J connectivity index is 1.58. The van der Waals surface area contributed by atoms with Gasteiger partial charge in [0, 0.05) is 49.7 Å². The Bertz CT molecular complexity index is 1060. The van der Waals surface area contributed by atoms with Gasteiger partial charge < -0.3 is 4.52 Å². The van der Waals surface area contributed by atoms with E-state index in [4.69, 9.17) is 4.52 Å². The van der Waals surface area contributed by atoms with Crippen LogP contribution in [0.1, 0.15) is 23.1 Å². The van der Waals surface area contributed by atoms with E-state index < -0.39 is 9.84 Å². The van der Waals surface area contributed by atoms with Crippen LogP contribution < -0.4 is 0 Å². The van der Waals surface area contributed by atoms with Gasteiger partial charge in [-0.3, -0.25) is 14.3 Å². The first-order valence-corrected chi connectivity index (χ1v) is 10.5. The molecule has 10 heteroatoms. The molecule has 0 amide bonds. The first kappa shape index (κ1) is 17.9. The molecule has 1 fully saturated rings. The molecule has 0 saturated carbocycles. The van der Waals surface area contributed by atoms with E-state index in [9.17, 15) is 8.42 Å². The van der Waals surface area contributed by atoms with Gasteiger partial charge in [0.2, 0.25) is 0 Å². The Hall–Kier alpha value is -2.46. The molecule has 1 atom stereocenters. The van der Waals surface area contributed by atoms with Crippen molar-refractivity contribution in [2.24, 2.45) is 14.1 Å². The van der Waals surface area contributed by atoms with Gasteiger partial charge in [0.05, 0.1) is 36.5 Å². The lowest BCUT2D eigenvalue weighted by Gasteiger charge is -2.34. The zero-order valence-corrected chi connectivity index (χ0v) is 16.3. The number of hydrogen-bond acceptors (Lipinski definition) is 7. The van der Waals surface area contributed by atoms with Crippen molar-refractivity contribution >= 4 is 9.84 Å². The molecule has 1 unspecified atom stereocenters. The van der Waals surface area contributed by atoms with Gasteiger partial charge in [-0.2, -0.15) is 10.2 Å². The first-order chi connectivity index (χ1) is 12.8. The minimum absolute atomic E-state index is 0.0847. The molecule has 0 spiro atoms. The second-order valence-electron chi connectivity index (χ2n) is 6.99. The molecule has 3 aromatic heterocycles. The van der Waals surface area contributed by atoms with Crippen molar-refractivity contribution in [2.75, 3.05) is 18.1 Å². The van der Waals surface area contributed by atoms with Crippen LogP contribution in [0.2, 0.25) is 0 Å². The quantitative estimate of drug-likeness (QED) is 0.657. The van der Waals surface area contributed by atoms with Crippen LogP contribution >= 0.6 is 0 Å². The molecular weight excluding hydrogens is 368 g/mol. The summed E-state index contributed by atoms with van der Waals surface area (Å²) in [6.45, 7) is 2.91. The minimum atomic E-state index is -3.07. The lowest BCUT2D eigenvalue weighted by atomic mass is 10.1. The van der Waals surface area contributed by atoms with Crippen LogP contribution in [0.25, 0.3) is 11.3 Å². The molecule has 144 valence electrons. The fourth-order valence-electron chi connectivity index (χ4n) is 3.41. The maximum absolute atomic E-state index is 12.2. The third-order valence-electron chi connectivity index (χ3n) is 5.08. The Morgan fingerprint density at radius 3 is 2.74 bits per heavy atom. The summed E-state index contributed by atoms with van der Waals surface area (Å²) in [6, 6.07) is 1.65. The van der Waals surface area contributed by atoms with E-state index in [1.165, 1.54) is 0 Å². The molecule has 0 N–H and O–H groups in total. The summed E-state index contributed by atoms with van der Waals surface area (Å²) in [4.78, 5) is 2.11. The highest BCUT2D eigenvalue weighted by molar-refractivity contribution is 7.91. The summed E-state index contributed by atoms with van der Waals surface area (Å²) in [5.41, 5.74) is 3.56. The van der Waals surface area contributed by atoms with Crippen LogP contribution in [-0.4, -0.2) is 56.1 Å². The Morgan fingerprint density at radius 1 is 1.26 bits per heavy atom. The molecular formula is C17H22N6O3S. The predicted molar refractivity (Wildman–Crippen MR) is 98.5 cm³/mol. The fourth-order valence-corrected chi connectivity index (χ4v) is 4.98. The van der Waals surface area contributed by atoms with Crippen LogP contribution in [0.15, 0.2) is 29.2 Å². The van der Waals surface area contributed by atoms with Crippen LogP contribution in [0.4, 0.5) is 0 Å². The summed E-state index contributed by atoms with van der Waals surface area (Å²) in [7, 11) is 0.632. The van der Waals surface area contributed by atoms with Crippen molar-refractivity contribution in [1.82, 2.24) is 29.6 Å². The monoisotopic (exact) mass is 390 g/mol. The average Bonchev–Trinajstić information content (AvgIpc) is 3.32. The number of aromatic nitrogens is 5. The lowest BCUT2D eigenvalue weighted by molar-refractivity contribution is 0.183. The van der Waals surface area contributed by atoms with E-state index in [0.717, 1.165) is 22.5 Å². The number of hydrogen-bond donors (Lipinski definition) is 0. The maximum Gasteiger partial charge on any atom is 0.153 e. The summed E-state index contributed by atoms with van der Waals surface area (Å²) in [5.74, 6) is 0.926. The molecule has 4 heterocycles. The van der Waals surface area contributed by atoms with Crippen LogP contribution in [0.5, 0.6) is 0 Å². The largest absolute Gasteiger partial charge is 0.359 e. The van der Waals surface area contributed by atoms with E-state index >= 15 is 0 Å². The molecule has 4 rings (SSSR count). The highest BCUT2D eigenvalue weighted by atomic mass is 32.2. The molecule has 0 radical (unpaired) electrons. The van der Waals surface area contributed by atoms with E-state index in [0.29, 0.717) is 18.8 Å². The van der Waals surface area contributed by atoms with Gasteiger partial charge in [-0.25, -0.2) is 8.42 Å². The van der Waals surface area contributed by atoms with Crippen molar-refractivity contribution < 1.29 is 12.9 Å². The molecule has 1 aliphatic heterocycles. The van der Waals surface area contributed by atoms with Crippen LogP contribution in [0.3, 0.4) is 0 Å². The van der Waals surface area contributed by atoms with Gasteiger partial charge in [0.25, 0.3) is 0 Å². The normalized spacial score (nSPS) is 20.2. The van der Waals surface area contributed by atoms with Gasteiger partial charge in [-0.15, -0.1) is 0 Å². The smallest absolute Gasteiger partial charge is 0.153 e. The standard InChI is InChI=1S/C17H22N6O3S/c1-12-15(8-19-22(12)3)16-6-14(26-20-16)10-23-4-5-27(24,25)11-17(23)13-7-18-21(2)9-13/h6-9,17H,4-5,10-11H2,1-3H3. The van der Waals surface area contributed by atoms with Gasteiger partial charge in [0.15, 0.2) is 15.6 Å². The SMILES string of the molecule is Cc1c(-c2cc(CN3CCS(=O)(=O)CC3c3cnn(C)c3)on2)cnn1C. The third kappa shape index (κ3) is 3.54. The highest BCUT2D eigenvalue weighted by Crippen LogP contribution is 2.29. The van der Waals surface area contributed by atoms with Crippen molar-refractivity contribution in [2.45, 2.75) is 19.5 Å². The summed E-state index contributed by atoms with van der Waals surface area (Å²) < 4.78 is 33.3. The zero-order valence-electron chi connectivity index (χ0n) is 15.5. The van der Waals surface area contributed by atoms with Crippen molar-refractivity contribution in [3.8, 4) is 11.3 Å². The molecule has 1 aliphatic rings. The van der Waals surface area contributed by atoms with E-state index in [1.807, 2.05) is 33.3 Å².